The van der Waals surface area contributed by atoms with E-state index in [4.69, 9.17) is 9.47 Å². The van der Waals surface area contributed by atoms with Gasteiger partial charge in [-0.1, -0.05) is 24.3 Å². The maximum atomic E-state index is 12.6. The van der Waals surface area contributed by atoms with Crippen molar-refractivity contribution in [3.05, 3.63) is 75.7 Å². The molecule has 1 atom stereocenters. The molecule has 0 fully saturated rings. The maximum absolute atomic E-state index is 12.6. The molecule has 29 heavy (non-hydrogen) atoms. The SMILES string of the molecule is Cc1cccc(NC(=O)[C@@H](C)OC(=O)c2ccccc2OCc2csc(C)n2)c1. The number of hydrogen-bond acceptors (Lipinski definition) is 6. The van der Waals surface area contributed by atoms with Crippen LogP contribution in [0.3, 0.4) is 0 Å². The van der Waals surface area contributed by atoms with Gasteiger partial charge in [-0.25, -0.2) is 9.78 Å². The second kappa shape index (κ2) is 9.34. The Morgan fingerprint density at radius 3 is 2.66 bits per heavy atom. The number of aromatic nitrogens is 1. The van der Waals surface area contributed by atoms with Crippen LogP contribution in [-0.4, -0.2) is 23.0 Å². The van der Waals surface area contributed by atoms with Gasteiger partial charge in [-0.2, -0.15) is 0 Å². The van der Waals surface area contributed by atoms with Crippen molar-refractivity contribution in [3.8, 4) is 5.75 Å². The molecule has 0 unspecified atom stereocenters. The third-order valence-corrected chi connectivity index (χ3v) is 4.91. The van der Waals surface area contributed by atoms with Crippen molar-refractivity contribution in [2.75, 3.05) is 5.32 Å². The lowest BCUT2D eigenvalue weighted by Crippen LogP contribution is -2.30. The summed E-state index contributed by atoms with van der Waals surface area (Å²) in [5.41, 5.74) is 2.73. The summed E-state index contributed by atoms with van der Waals surface area (Å²) < 4.78 is 11.1. The van der Waals surface area contributed by atoms with E-state index >= 15 is 0 Å². The van der Waals surface area contributed by atoms with Crippen LogP contribution in [0.5, 0.6) is 5.75 Å². The zero-order valence-electron chi connectivity index (χ0n) is 16.5. The van der Waals surface area contributed by atoms with Gasteiger partial charge in [-0.15, -0.1) is 11.3 Å². The lowest BCUT2D eigenvalue weighted by molar-refractivity contribution is -0.123. The molecule has 7 heteroatoms. The smallest absolute Gasteiger partial charge is 0.342 e. The maximum Gasteiger partial charge on any atom is 0.342 e. The van der Waals surface area contributed by atoms with Crippen LogP contribution in [0, 0.1) is 13.8 Å². The van der Waals surface area contributed by atoms with Crippen molar-refractivity contribution in [1.29, 1.82) is 0 Å². The van der Waals surface area contributed by atoms with Gasteiger partial charge in [0.25, 0.3) is 5.91 Å². The van der Waals surface area contributed by atoms with Crippen molar-refractivity contribution >= 4 is 28.9 Å². The third kappa shape index (κ3) is 5.65. The van der Waals surface area contributed by atoms with Gasteiger partial charge >= 0.3 is 5.97 Å². The highest BCUT2D eigenvalue weighted by atomic mass is 32.1. The Hall–Kier alpha value is -3.19. The van der Waals surface area contributed by atoms with Crippen molar-refractivity contribution in [1.82, 2.24) is 4.98 Å². The van der Waals surface area contributed by atoms with E-state index in [-0.39, 0.29) is 12.2 Å². The number of amides is 1. The monoisotopic (exact) mass is 410 g/mol. The molecule has 0 radical (unpaired) electrons. The van der Waals surface area contributed by atoms with Gasteiger partial charge in [0.2, 0.25) is 0 Å². The van der Waals surface area contributed by atoms with Crippen LogP contribution in [-0.2, 0) is 16.1 Å². The number of anilines is 1. The number of para-hydroxylation sites is 1. The van der Waals surface area contributed by atoms with Gasteiger partial charge in [0.1, 0.15) is 17.9 Å². The molecular formula is C22H22N2O4S. The van der Waals surface area contributed by atoms with Gasteiger partial charge < -0.3 is 14.8 Å². The van der Waals surface area contributed by atoms with Gasteiger partial charge in [0, 0.05) is 11.1 Å². The van der Waals surface area contributed by atoms with Crippen LogP contribution >= 0.6 is 11.3 Å². The van der Waals surface area contributed by atoms with Crippen LogP contribution in [0.2, 0.25) is 0 Å². The fraction of sp³-hybridized carbons (Fsp3) is 0.227. The number of benzene rings is 2. The Bertz CT molecular complexity index is 1020. The second-order valence-electron chi connectivity index (χ2n) is 6.55. The summed E-state index contributed by atoms with van der Waals surface area (Å²) in [6, 6.07) is 14.2. The summed E-state index contributed by atoms with van der Waals surface area (Å²) in [6.07, 6.45) is -0.961. The molecule has 0 bridgehead atoms. The lowest BCUT2D eigenvalue weighted by atomic mass is 10.2. The van der Waals surface area contributed by atoms with E-state index in [0.717, 1.165) is 16.3 Å². The van der Waals surface area contributed by atoms with Crippen molar-refractivity contribution in [3.63, 3.8) is 0 Å². The lowest BCUT2D eigenvalue weighted by Gasteiger charge is -2.15. The fourth-order valence-corrected chi connectivity index (χ4v) is 3.23. The van der Waals surface area contributed by atoms with E-state index in [1.165, 1.54) is 18.3 Å². The first-order valence-electron chi connectivity index (χ1n) is 9.13. The number of nitrogens with one attached hydrogen (secondary N) is 1. The van der Waals surface area contributed by atoms with E-state index in [0.29, 0.717) is 11.4 Å². The zero-order valence-corrected chi connectivity index (χ0v) is 17.3. The molecule has 1 amide bonds. The minimum atomic E-state index is -0.961. The van der Waals surface area contributed by atoms with E-state index in [1.807, 2.05) is 37.4 Å². The minimum Gasteiger partial charge on any atom is -0.486 e. The normalized spacial score (nSPS) is 11.6. The van der Waals surface area contributed by atoms with Gasteiger partial charge in [0.05, 0.1) is 10.7 Å². The number of rotatable bonds is 7. The molecule has 0 spiro atoms. The topological polar surface area (TPSA) is 77.5 Å². The van der Waals surface area contributed by atoms with Crippen molar-refractivity contribution in [2.45, 2.75) is 33.5 Å². The predicted molar refractivity (Wildman–Crippen MR) is 112 cm³/mol. The number of carbonyl (C=O) groups is 2. The average molecular weight is 410 g/mol. The highest BCUT2D eigenvalue weighted by Crippen LogP contribution is 2.21. The summed E-state index contributed by atoms with van der Waals surface area (Å²) >= 11 is 1.54. The van der Waals surface area contributed by atoms with Crippen LogP contribution in [0.1, 0.15) is 33.5 Å². The van der Waals surface area contributed by atoms with Crippen LogP contribution in [0.25, 0.3) is 0 Å². The number of aryl methyl sites for hydroxylation is 2. The fourth-order valence-electron chi connectivity index (χ4n) is 2.63. The minimum absolute atomic E-state index is 0.248. The number of ether oxygens (including phenoxy) is 2. The molecule has 0 aliphatic heterocycles. The largest absolute Gasteiger partial charge is 0.486 e. The number of nitrogens with zero attached hydrogens (tertiary/aromatic N) is 1. The Kier molecular flexibility index (Phi) is 6.61. The quantitative estimate of drug-likeness (QED) is 0.580. The summed E-state index contributed by atoms with van der Waals surface area (Å²) in [6.45, 7) is 5.63. The molecule has 150 valence electrons. The van der Waals surface area contributed by atoms with E-state index in [9.17, 15) is 9.59 Å². The van der Waals surface area contributed by atoms with Crippen LogP contribution in [0.15, 0.2) is 53.9 Å². The molecule has 0 aliphatic rings. The van der Waals surface area contributed by atoms with Crippen molar-refractivity contribution in [2.24, 2.45) is 0 Å². The molecule has 1 N–H and O–H groups in total. The molecule has 2 aromatic carbocycles. The van der Waals surface area contributed by atoms with Gasteiger partial charge in [-0.3, -0.25) is 4.79 Å². The predicted octanol–water partition coefficient (Wildman–Crippen LogP) is 4.52. The molecule has 6 nitrogen and oxygen atoms in total. The summed E-state index contributed by atoms with van der Waals surface area (Å²) in [4.78, 5) is 29.3. The molecule has 1 heterocycles. The Labute approximate surface area is 173 Å². The van der Waals surface area contributed by atoms with Crippen molar-refractivity contribution < 1.29 is 19.1 Å². The first kappa shape index (κ1) is 20.5. The number of hydrogen-bond donors (Lipinski definition) is 1. The van der Waals surface area contributed by atoms with Crippen LogP contribution in [0.4, 0.5) is 5.69 Å². The molecule has 3 aromatic rings. The summed E-state index contributed by atoms with van der Waals surface area (Å²) in [7, 11) is 0. The summed E-state index contributed by atoms with van der Waals surface area (Å²) in [5, 5.41) is 5.61. The Morgan fingerprint density at radius 1 is 1.14 bits per heavy atom. The molecule has 0 saturated heterocycles. The number of esters is 1. The Balaban J connectivity index is 1.63. The van der Waals surface area contributed by atoms with E-state index < -0.39 is 18.0 Å². The molecule has 3 rings (SSSR count). The van der Waals surface area contributed by atoms with E-state index in [2.05, 4.69) is 10.3 Å². The van der Waals surface area contributed by atoms with Gasteiger partial charge in [0.15, 0.2) is 6.10 Å². The first-order chi connectivity index (χ1) is 13.9. The van der Waals surface area contributed by atoms with Gasteiger partial charge in [-0.05, 0) is 50.6 Å². The number of carbonyl (C=O) groups excluding carboxylic acids is 2. The summed E-state index contributed by atoms with van der Waals surface area (Å²) in [5.74, 6) is -0.642. The standard InChI is InChI=1S/C22H22N2O4S/c1-14-7-6-8-17(11-14)24-21(25)15(2)28-22(26)19-9-4-5-10-20(19)27-12-18-13-29-16(3)23-18/h4-11,13,15H,12H2,1-3H3,(H,24,25)/t15-/m1/s1. The highest BCUT2D eigenvalue weighted by Gasteiger charge is 2.21. The van der Waals surface area contributed by atoms with Crippen LogP contribution < -0.4 is 10.1 Å². The average Bonchev–Trinajstić information content (AvgIpc) is 3.11. The zero-order chi connectivity index (χ0) is 20.8. The molecule has 0 aliphatic carbocycles. The Morgan fingerprint density at radius 2 is 1.93 bits per heavy atom. The van der Waals surface area contributed by atoms with E-state index in [1.54, 1.807) is 30.3 Å². The first-order valence-corrected chi connectivity index (χ1v) is 10.0. The molecule has 0 saturated carbocycles. The highest BCUT2D eigenvalue weighted by molar-refractivity contribution is 7.09. The molecule has 1 aromatic heterocycles. The molecular weight excluding hydrogens is 388 g/mol. The third-order valence-electron chi connectivity index (χ3n) is 4.09. The second-order valence-corrected chi connectivity index (χ2v) is 7.61. The number of thiazole rings is 1.